The van der Waals surface area contributed by atoms with E-state index in [9.17, 15) is 0 Å². The first kappa shape index (κ1) is 13.9. The molecule has 1 aromatic carbocycles. The molecule has 0 fully saturated rings. The number of fused-ring (bicyclic) bond motifs is 1. The van der Waals surface area contributed by atoms with E-state index in [1.165, 1.54) is 0 Å². The first-order valence-electron chi connectivity index (χ1n) is 6.78. The number of hydrogen-bond acceptors (Lipinski definition) is 4. The smallest absolute Gasteiger partial charge is 0.0890 e. The molecule has 0 bridgehead atoms. The predicted octanol–water partition coefficient (Wildman–Crippen LogP) is 2.06. The maximum absolute atomic E-state index is 4.63. The van der Waals surface area contributed by atoms with Gasteiger partial charge < -0.3 is 5.32 Å². The van der Waals surface area contributed by atoms with Crippen molar-refractivity contribution in [2.24, 2.45) is 0 Å². The van der Waals surface area contributed by atoms with E-state index in [0.717, 1.165) is 36.4 Å². The van der Waals surface area contributed by atoms with Gasteiger partial charge in [0.05, 0.1) is 22.9 Å². The topological polar surface area (TPSA) is 41.0 Å². The molecule has 0 saturated carbocycles. The first-order chi connectivity index (χ1) is 9.15. The monoisotopic (exact) mass is 258 g/mol. The molecule has 2 aromatic rings. The van der Waals surface area contributed by atoms with Gasteiger partial charge in [-0.3, -0.25) is 9.88 Å². The number of aromatic nitrogens is 2. The third kappa shape index (κ3) is 4.26. The van der Waals surface area contributed by atoms with Gasteiger partial charge in [-0.15, -0.1) is 0 Å². The van der Waals surface area contributed by atoms with Gasteiger partial charge in [0.25, 0.3) is 0 Å². The van der Waals surface area contributed by atoms with Crippen molar-refractivity contribution in [1.29, 1.82) is 0 Å². The normalized spacial score (nSPS) is 11.6. The summed E-state index contributed by atoms with van der Waals surface area (Å²) in [6.45, 7) is 7.16. The lowest BCUT2D eigenvalue weighted by Crippen LogP contribution is -2.32. The number of para-hydroxylation sites is 2. The van der Waals surface area contributed by atoms with Gasteiger partial charge >= 0.3 is 0 Å². The molecule has 0 aliphatic carbocycles. The van der Waals surface area contributed by atoms with Gasteiger partial charge in [-0.1, -0.05) is 26.0 Å². The summed E-state index contributed by atoms with van der Waals surface area (Å²) in [4.78, 5) is 11.3. The molecule has 4 heteroatoms. The summed E-state index contributed by atoms with van der Waals surface area (Å²) in [5, 5.41) is 3.41. The molecule has 4 nitrogen and oxygen atoms in total. The molecule has 19 heavy (non-hydrogen) atoms. The van der Waals surface area contributed by atoms with E-state index in [1.807, 2.05) is 30.5 Å². The number of nitrogens with zero attached hydrogens (tertiary/aromatic N) is 3. The third-order valence-electron chi connectivity index (χ3n) is 2.98. The maximum Gasteiger partial charge on any atom is 0.0890 e. The minimum Gasteiger partial charge on any atom is -0.313 e. The highest BCUT2D eigenvalue weighted by Crippen LogP contribution is 2.09. The highest BCUT2D eigenvalue weighted by Gasteiger charge is 2.04. The molecular weight excluding hydrogens is 236 g/mol. The van der Waals surface area contributed by atoms with Gasteiger partial charge in [0, 0.05) is 25.7 Å². The standard InChI is InChI=1S/C15H22N4/c1-12(2)16-8-9-19(3)11-13-10-17-14-6-4-5-7-15(14)18-13/h4-7,10,12,16H,8-9,11H2,1-3H3. The van der Waals surface area contributed by atoms with E-state index < -0.39 is 0 Å². The Morgan fingerprint density at radius 2 is 1.95 bits per heavy atom. The average Bonchev–Trinajstić information content (AvgIpc) is 2.38. The number of benzene rings is 1. The zero-order chi connectivity index (χ0) is 13.7. The van der Waals surface area contributed by atoms with Crippen LogP contribution >= 0.6 is 0 Å². The summed E-state index contributed by atoms with van der Waals surface area (Å²) in [7, 11) is 2.11. The Hall–Kier alpha value is -1.52. The minimum atomic E-state index is 0.536. The highest BCUT2D eigenvalue weighted by atomic mass is 15.1. The van der Waals surface area contributed by atoms with Crippen molar-refractivity contribution in [2.45, 2.75) is 26.4 Å². The van der Waals surface area contributed by atoms with Crippen molar-refractivity contribution in [3.05, 3.63) is 36.2 Å². The van der Waals surface area contributed by atoms with Crippen molar-refractivity contribution in [1.82, 2.24) is 20.2 Å². The van der Waals surface area contributed by atoms with Crippen molar-refractivity contribution in [3.63, 3.8) is 0 Å². The zero-order valence-corrected chi connectivity index (χ0v) is 11.9. The maximum atomic E-state index is 4.63. The molecule has 0 unspecified atom stereocenters. The summed E-state index contributed by atoms with van der Waals surface area (Å²) >= 11 is 0. The molecule has 0 amide bonds. The highest BCUT2D eigenvalue weighted by molar-refractivity contribution is 5.73. The van der Waals surface area contributed by atoms with Crippen LogP contribution in [0.1, 0.15) is 19.5 Å². The summed E-state index contributed by atoms with van der Waals surface area (Å²) in [5.41, 5.74) is 2.94. The second-order valence-electron chi connectivity index (χ2n) is 5.20. The number of likely N-dealkylation sites (N-methyl/N-ethyl adjacent to an activating group) is 1. The molecule has 0 spiro atoms. The van der Waals surface area contributed by atoms with Crippen molar-refractivity contribution in [2.75, 3.05) is 20.1 Å². The van der Waals surface area contributed by atoms with Crippen LogP contribution in [-0.4, -0.2) is 41.0 Å². The molecule has 2 rings (SSSR count). The van der Waals surface area contributed by atoms with Crippen LogP contribution in [0.3, 0.4) is 0 Å². The number of rotatable bonds is 6. The lowest BCUT2D eigenvalue weighted by atomic mass is 10.3. The van der Waals surface area contributed by atoms with E-state index in [1.54, 1.807) is 0 Å². The van der Waals surface area contributed by atoms with Crippen LogP contribution in [-0.2, 0) is 6.54 Å². The summed E-state index contributed by atoms with van der Waals surface area (Å²) in [5.74, 6) is 0. The van der Waals surface area contributed by atoms with Crippen LogP contribution in [0.2, 0.25) is 0 Å². The lowest BCUT2D eigenvalue weighted by Gasteiger charge is -2.17. The Morgan fingerprint density at radius 1 is 1.21 bits per heavy atom. The SMILES string of the molecule is CC(C)NCCN(C)Cc1cnc2ccccc2n1. The molecule has 1 N–H and O–H groups in total. The molecule has 102 valence electrons. The molecule has 0 aliphatic rings. The van der Waals surface area contributed by atoms with Crippen LogP contribution in [0.25, 0.3) is 11.0 Å². The van der Waals surface area contributed by atoms with Crippen molar-refractivity contribution >= 4 is 11.0 Å². The fourth-order valence-electron chi connectivity index (χ4n) is 1.97. The Labute approximate surface area is 114 Å². The van der Waals surface area contributed by atoms with E-state index in [-0.39, 0.29) is 0 Å². The molecule has 0 atom stereocenters. The van der Waals surface area contributed by atoms with Gasteiger partial charge in [0.2, 0.25) is 0 Å². The fraction of sp³-hybridized carbons (Fsp3) is 0.467. The average molecular weight is 258 g/mol. The Kier molecular flexibility index (Phi) is 4.82. The second-order valence-corrected chi connectivity index (χ2v) is 5.20. The minimum absolute atomic E-state index is 0.536. The van der Waals surface area contributed by atoms with Gasteiger partial charge in [-0.2, -0.15) is 0 Å². The summed E-state index contributed by atoms with van der Waals surface area (Å²) < 4.78 is 0. The van der Waals surface area contributed by atoms with Gasteiger partial charge in [0.1, 0.15) is 0 Å². The number of nitrogens with one attached hydrogen (secondary N) is 1. The van der Waals surface area contributed by atoms with Crippen LogP contribution in [0.5, 0.6) is 0 Å². The van der Waals surface area contributed by atoms with Crippen LogP contribution in [0, 0.1) is 0 Å². The number of hydrogen-bond donors (Lipinski definition) is 1. The largest absolute Gasteiger partial charge is 0.313 e. The van der Waals surface area contributed by atoms with Crippen LogP contribution in [0.15, 0.2) is 30.5 Å². The van der Waals surface area contributed by atoms with Crippen molar-refractivity contribution in [3.8, 4) is 0 Å². The van der Waals surface area contributed by atoms with E-state index in [2.05, 4.69) is 41.1 Å². The third-order valence-corrected chi connectivity index (χ3v) is 2.98. The van der Waals surface area contributed by atoms with Gasteiger partial charge in [-0.05, 0) is 19.2 Å². The Balaban J connectivity index is 1.93. The molecule has 1 aromatic heterocycles. The Bertz CT molecular complexity index is 524. The fourth-order valence-corrected chi connectivity index (χ4v) is 1.97. The zero-order valence-electron chi connectivity index (χ0n) is 11.9. The first-order valence-corrected chi connectivity index (χ1v) is 6.78. The molecule has 0 saturated heterocycles. The van der Waals surface area contributed by atoms with Gasteiger partial charge in [-0.25, -0.2) is 4.98 Å². The summed E-state index contributed by atoms with van der Waals surface area (Å²) in [6.07, 6.45) is 1.87. The van der Waals surface area contributed by atoms with E-state index in [4.69, 9.17) is 0 Å². The predicted molar refractivity (Wildman–Crippen MR) is 79.0 cm³/mol. The Morgan fingerprint density at radius 3 is 2.68 bits per heavy atom. The van der Waals surface area contributed by atoms with Gasteiger partial charge in [0.15, 0.2) is 0 Å². The molecular formula is C15H22N4. The van der Waals surface area contributed by atoms with Crippen LogP contribution in [0.4, 0.5) is 0 Å². The molecule has 1 heterocycles. The molecule has 0 radical (unpaired) electrons. The molecule has 0 aliphatic heterocycles. The quantitative estimate of drug-likeness (QED) is 0.861. The van der Waals surface area contributed by atoms with Crippen molar-refractivity contribution < 1.29 is 0 Å². The second kappa shape index (κ2) is 6.59. The lowest BCUT2D eigenvalue weighted by molar-refractivity contribution is 0.316. The summed E-state index contributed by atoms with van der Waals surface area (Å²) in [6, 6.07) is 8.51. The van der Waals surface area contributed by atoms with Crippen LogP contribution < -0.4 is 5.32 Å². The van der Waals surface area contributed by atoms with E-state index >= 15 is 0 Å². The van der Waals surface area contributed by atoms with E-state index in [0.29, 0.717) is 6.04 Å².